The molecular formula is C23H30N6O4. The van der Waals surface area contributed by atoms with Gasteiger partial charge in [0, 0.05) is 45.8 Å². The topological polar surface area (TPSA) is 106 Å². The van der Waals surface area contributed by atoms with Crippen molar-refractivity contribution in [1.82, 2.24) is 14.9 Å². The van der Waals surface area contributed by atoms with Gasteiger partial charge in [0.25, 0.3) is 0 Å². The first-order chi connectivity index (χ1) is 16.1. The summed E-state index contributed by atoms with van der Waals surface area (Å²) in [6.45, 7) is 6.13. The summed E-state index contributed by atoms with van der Waals surface area (Å²) >= 11 is 0. The molecule has 0 atom stereocenters. The molecule has 1 aromatic carbocycles. The van der Waals surface area contributed by atoms with Crippen LogP contribution in [0.15, 0.2) is 24.5 Å². The maximum Gasteiger partial charge on any atom is 0.308 e. The smallest absolute Gasteiger partial charge is 0.308 e. The van der Waals surface area contributed by atoms with Gasteiger partial charge in [-0.3, -0.25) is 9.69 Å². The number of nitrogen functional groups attached to an aromatic ring is 1. The fourth-order valence-electron chi connectivity index (χ4n) is 4.79. The van der Waals surface area contributed by atoms with Crippen LogP contribution in [-0.2, 0) is 16.1 Å². The van der Waals surface area contributed by atoms with Gasteiger partial charge in [-0.05, 0) is 30.5 Å². The van der Waals surface area contributed by atoms with Gasteiger partial charge in [-0.1, -0.05) is 6.07 Å². The Labute approximate surface area is 193 Å². The van der Waals surface area contributed by atoms with E-state index in [-0.39, 0.29) is 11.9 Å². The van der Waals surface area contributed by atoms with Crippen LogP contribution in [-0.4, -0.2) is 74.0 Å². The van der Waals surface area contributed by atoms with Gasteiger partial charge in [0.1, 0.15) is 12.0 Å². The van der Waals surface area contributed by atoms with Crippen molar-refractivity contribution in [2.75, 3.05) is 68.7 Å². The molecule has 10 heteroatoms. The highest BCUT2D eigenvalue weighted by molar-refractivity contribution is 5.77. The zero-order valence-corrected chi connectivity index (χ0v) is 18.9. The van der Waals surface area contributed by atoms with Crippen molar-refractivity contribution in [3.8, 4) is 11.5 Å². The van der Waals surface area contributed by atoms with E-state index in [9.17, 15) is 4.79 Å². The Bertz CT molecular complexity index is 1000. The lowest BCUT2D eigenvalue weighted by Gasteiger charge is -2.37. The van der Waals surface area contributed by atoms with E-state index in [0.717, 1.165) is 81.8 Å². The Morgan fingerprint density at radius 2 is 1.70 bits per heavy atom. The number of piperidine rings is 1. The summed E-state index contributed by atoms with van der Waals surface area (Å²) < 4.78 is 15.8. The number of aromatic nitrogens is 2. The third-order valence-corrected chi connectivity index (χ3v) is 6.69. The molecule has 0 aliphatic carbocycles. The van der Waals surface area contributed by atoms with Crippen molar-refractivity contribution < 1.29 is 19.0 Å². The Morgan fingerprint density at radius 3 is 2.39 bits per heavy atom. The molecule has 0 amide bonds. The number of nitrogens with two attached hydrogens (primary N) is 1. The van der Waals surface area contributed by atoms with Crippen molar-refractivity contribution in [3.05, 3.63) is 30.1 Å². The zero-order valence-electron chi connectivity index (χ0n) is 18.9. The van der Waals surface area contributed by atoms with Gasteiger partial charge in [0.2, 0.25) is 6.79 Å². The summed E-state index contributed by atoms with van der Waals surface area (Å²) in [6.07, 6.45) is 3.07. The second-order valence-corrected chi connectivity index (χ2v) is 8.67. The van der Waals surface area contributed by atoms with Gasteiger partial charge in [0.15, 0.2) is 23.1 Å². The van der Waals surface area contributed by atoms with E-state index in [2.05, 4.69) is 36.8 Å². The van der Waals surface area contributed by atoms with Crippen LogP contribution in [0.2, 0.25) is 0 Å². The highest BCUT2D eigenvalue weighted by Gasteiger charge is 2.29. The predicted molar refractivity (Wildman–Crippen MR) is 123 cm³/mol. The Hall–Kier alpha value is -3.27. The van der Waals surface area contributed by atoms with E-state index >= 15 is 0 Å². The van der Waals surface area contributed by atoms with Gasteiger partial charge in [-0.15, -0.1) is 0 Å². The van der Waals surface area contributed by atoms with E-state index < -0.39 is 0 Å². The third kappa shape index (κ3) is 4.47. The molecule has 4 heterocycles. The SMILES string of the molecule is COC(=O)C1CCN(c2ncnc(N3CCN(Cc4ccc5c(c4)OCO5)CC3)c2N)CC1. The van der Waals surface area contributed by atoms with Crippen molar-refractivity contribution in [2.24, 2.45) is 5.92 Å². The number of anilines is 3. The van der Waals surface area contributed by atoms with E-state index in [1.165, 1.54) is 12.7 Å². The minimum atomic E-state index is -0.135. The molecule has 176 valence electrons. The highest BCUT2D eigenvalue weighted by Crippen LogP contribution is 2.34. The number of hydrogen-bond acceptors (Lipinski definition) is 10. The molecule has 0 unspecified atom stereocenters. The maximum atomic E-state index is 11.8. The number of benzene rings is 1. The average molecular weight is 455 g/mol. The minimum Gasteiger partial charge on any atom is -0.469 e. The number of carbonyl (C=O) groups excluding carboxylic acids is 1. The van der Waals surface area contributed by atoms with E-state index in [4.69, 9.17) is 19.9 Å². The summed E-state index contributed by atoms with van der Waals surface area (Å²) in [5.41, 5.74) is 8.36. The molecule has 5 rings (SSSR count). The molecule has 0 saturated carbocycles. The summed E-state index contributed by atoms with van der Waals surface area (Å²) in [5.74, 6) is 3.00. The summed E-state index contributed by atoms with van der Waals surface area (Å²) in [5, 5.41) is 0. The number of rotatable bonds is 5. The zero-order chi connectivity index (χ0) is 22.8. The lowest BCUT2D eigenvalue weighted by molar-refractivity contribution is -0.146. The fraction of sp³-hybridized carbons (Fsp3) is 0.522. The molecule has 1 aromatic heterocycles. The summed E-state index contributed by atoms with van der Waals surface area (Å²) in [4.78, 5) is 27.6. The Kier molecular flexibility index (Phi) is 6.08. The molecule has 2 saturated heterocycles. The second kappa shape index (κ2) is 9.30. The number of fused-ring (bicyclic) bond motifs is 1. The molecule has 2 N–H and O–H groups in total. The van der Waals surface area contributed by atoms with E-state index in [1.807, 2.05) is 6.07 Å². The average Bonchev–Trinajstić information content (AvgIpc) is 3.32. The maximum absolute atomic E-state index is 11.8. The number of ether oxygens (including phenoxy) is 3. The van der Waals surface area contributed by atoms with Crippen LogP contribution in [0.1, 0.15) is 18.4 Å². The lowest BCUT2D eigenvalue weighted by atomic mass is 9.97. The fourth-order valence-corrected chi connectivity index (χ4v) is 4.79. The van der Waals surface area contributed by atoms with Crippen molar-refractivity contribution in [2.45, 2.75) is 19.4 Å². The molecule has 0 radical (unpaired) electrons. The van der Waals surface area contributed by atoms with Gasteiger partial charge < -0.3 is 29.7 Å². The first-order valence-electron chi connectivity index (χ1n) is 11.4. The number of nitrogens with zero attached hydrogens (tertiary/aromatic N) is 5. The highest BCUT2D eigenvalue weighted by atomic mass is 16.7. The molecule has 10 nitrogen and oxygen atoms in total. The molecule has 0 spiro atoms. The van der Waals surface area contributed by atoms with E-state index in [1.54, 1.807) is 6.33 Å². The third-order valence-electron chi connectivity index (χ3n) is 6.69. The molecular weight excluding hydrogens is 424 g/mol. The molecule has 0 bridgehead atoms. The molecule has 3 aliphatic rings. The van der Waals surface area contributed by atoms with Crippen molar-refractivity contribution in [3.63, 3.8) is 0 Å². The monoisotopic (exact) mass is 454 g/mol. The van der Waals surface area contributed by atoms with Crippen molar-refractivity contribution in [1.29, 1.82) is 0 Å². The van der Waals surface area contributed by atoms with Gasteiger partial charge in [-0.2, -0.15) is 0 Å². The van der Waals surface area contributed by atoms with E-state index in [0.29, 0.717) is 12.5 Å². The quantitative estimate of drug-likeness (QED) is 0.668. The first kappa shape index (κ1) is 21.6. The van der Waals surface area contributed by atoms with Crippen LogP contribution in [0, 0.1) is 5.92 Å². The van der Waals surface area contributed by atoms with Crippen LogP contribution in [0.25, 0.3) is 0 Å². The van der Waals surface area contributed by atoms with Crippen LogP contribution in [0.3, 0.4) is 0 Å². The van der Waals surface area contributed by atoms with Crippen molar-refractivity contribution >= 4 is 23.3 Å². The number of esters is 1. The summed E-state index contributed by atoms with van der Waals surface area (Å²) in [7, 11) is 1.44. The second-order valence-electron chi connectivity index (χ2n) is 8.67. The Morgan fingerprint density at radius 1 is 1.03 bits per heavy atom. The normalized spacial score (nSPS) is 19.1. The first-order valence-corrected chi connectivity index (χ1v) is 11.4. The van der Waals surface area contributed by atoms with Gasteiger partial charge in [0.05, 0.1) is 13.0 Å². The van der Waals surface area contributed by atoms with Gasteiger partial charge >= 0.3 is 5.97 Å². The number of carbonyl (C=O) groups is 1. The van der Waals surface area contributed by atoms with Crippen LogP contribution < -0.4 is 25.0 Å². The molecule has 33 heavy (non-hydrogen) atoms. The molecule has 2 fully saturated rings. The molecule has 3 aliphatic heterocycles. The Balaban J connectivity index is 1.19. The predicted octanol–water partition coefficient (Wildman–Crippen LogP) is 1.50. The lowest BCUT2D eigenvalue weighted by Crippen LogP contribution is -2.46. The molecule has 2 aromatic rings. The van der Waals surface area contributed by atoms with Crippen LogP contribution in [0.5, 0.6) is 11.5 Å². The van der Waals surface area contributed by atoms with Gasteiger partial charge in [-0.25, -0.2) is 9.97 Å². The van der Waals surface area contributed by atoms with Crippen LogP contribution >= 0.6 is 0 Å². The summed E-state index contributed by atoms with van der Waals surface area (Å²) in [6, 6.07) is 6.13. The number of piperazine rings is 1. The number of hydrogen-bond donors (Lipinski definition) is 1. The largest absolute Gasteiger partial charge is 0.469 e. The standard InChI is InChI=1S/C23H30N6O4/c1-31-23(30)17-4-6-28(7-5-17)21-20(24)22(26-14-25-21)29-10-8-27(9-11-29)13-16-2-3-18-19(12-16)33-15-32-18/h2-3,12,14,17H,4-11,13,15,24H2,1H3. The minimum absolute atomic E-state index is 0.0494. The van der Waals surface area contributed by atoms with Crippen LogP contribution in [0.4, 0.5) is 17.3 Å². The number of methoxy groups -OCH3 is 1.